The van der Waals surface area contributed by atoms with Crippen molar-refractivity contribution in [1.82, 2.24) is 5.32 Å². The fraction of sp³-hybridized carbons (Fsp3) is 0.385. The number of carbonyl (C=O) groups excluding carboxylic acids is 1. The molecule has 0 radical (unpaired) electrons. The third-order valence-electron chi connectivity index (χ3n) is 3.02. The molecule has 4 heteroatoms. The Morgan fingerprint density at radius 1 is 1.59 bits per heavy atom. The maximum absolute atomic E-state index is 11.9. The van der Waals surface area contributed by atoms with Gasteiger partial charge in [0.05, 0.1) is 17.3 Å². The Morgan fingerprint density at radius 3 is 3.06 bits per heavy atom. The van der Waals surface area contributed by atoms with E-state index in [0.29, 0.717) is 11.3 Å². The van der Waals surface area contributed by atoms with Crippen LogP contribution in [0.1, 0.15) is 24.0 Å². The molecule has 1 aliphatic heterocycles. The summed E-state index contributed by atoms with van der Waals surface area (Å²) in [6, 6.07) is 7.47. The molecule has 88 valence electrons. The number of benzene rings is 1. The van der Waals surface area contributed by atoms with Crippen LogP contribution in [0.3, 0.4) is 0 Å². The SMILES string of the molecule is Cc1cccc(NC(=O)[C@H]2CCCN2)c1C#N. The number of carbonyl (C=O) groups is 1. The van der Waals surface area contributed by atoms with Crippen molar-refractivity contribution in [3.8, 4) is 6.07 Å². The molecule has 1 aliphatic rings. The topological polar surface area (TPSA) is 64.9 Å². The first kappa shape index (κ1) is 11.6. The predicted octanol–water partition coefficient (Wildman–Crippen LogP) is 1.56. The van der Waals surface area contributed by atoms with Gasteiger partial charge < -0.3 is 10.6 Å². The fourth-order valence-electron chi connectivity index (χ4n) is 2.05. The monoisotopic (exact) mass is 229 g/mol. The number of anilines is 1. The van der Waals surface area contributed by atoms with Crippen LogP contribution in [0.5, 0.6) is 0 Å². The molecule has 1 heterocycles. The Kier molecular flexibility index (Phi) is 3.40. The largest absolute Gasteiger partial charge is 0.324 e. The van der Waals surface area contributed by atoms with Crippen LogP contribution >= 0.6 is 0 Å². The molecule has 0 unspecified atom stereocenters. The molecule has 0 bridgehead atoms. The van der Waals surface area contributed by atoms with Gasteiger partial charge in [-0.25, -0.2) is 0 Å². The molecule has 1 aromatic rings. The number of nitrogens with zero attached hydrogens (tertiary/aromatic N) is 1. The van der Waals surface area contributed by atoms with Crippen LogP contribution in [-0.4, -0.2) is 18.5 Å². The van der Waals surface area contributed by atoms with Gasteiger partial charge >= 0.3 is 0 Å². The second-order valence-corrected chi connectivity index (χ2v) is 4.25. The van der Waals surface area contributed by atoms with Crippen molar-refractivity contribution < 1.29 is 4.79 Å². The van der Waals surface area contributed by atoms with Crippen molar-refractivity contribution in [3.63, 3.8) is 0 Å². The van der Waals surface area contributed by atoms with Crippen molar-refractivity contribution >= 4 is 11.6 Å². The number of amides is 1. The highest BCUT2D eigenvalue weighted by molar-refractivity contribution is 5.96. The Labute approximate surface area is 101 Å². The first-order valence-electron chi connectivity index (χ1n) is 5.76. The second-order valence-electron chi connectivity index (χ2n) is 4.25. The van der Waals surface area contributed by atoms with Gasteiger partial charge in [0.1, 0.15) is 6.07 Å². The van der Waals surface area contributed by atoms with E-state index in [1.54, 1.807) is 6.07 Å². The molecule has 17 heavy (non-hydrogen) atoms. The molecule has 2 N–H and O–H groups in total. The minimum atomic E-state index is -0.123. The third kappa shape index (κ3) is 2.45. The Hall–Kier alpha value is -1.86. The molecule has 1 saturated heterocycles. The summed E-state index contributed by atoms with van der Waals surface area (Å²) in [7, 11) is 0. The summed E-state index contributed by atoms with van der Waals surface area (Å²) in [5.41, 5.74) is 2.02. The zero-order chi connectivity index (χ0) is 12.3. The highest BCUT2D eigenvalue weighted by Gasteiger charge is 2.22. The number of nitriles is 1. The summed E-state index contributed by atoms with van der Waals surface area (Å²) in [5.74, 6) is -0.0513. The zero-order valence-electron chi connectivity index (χ0n) is 9.79. The summed E-state index contributed by atoms with van der Waals surface area (Å²) >= 11 is 0. The van der Waals surface area contributed by atoms with E-state index in [0.717, 1.165) is 24.9 Å². The summed E-state index contributed by atoms with van der Waals surface area (Å²) in [6.07, 6.45) is 1.89. The summed E-state index contributed by atoms with van der Waals surface area (Å²) in [6.45, 7) is 2.75. The van der Waals surface area contributed by atoms with E-state index in [1.165, 1.54) is 0 Å². The molecule has 1 atom stereocenters. The molecular formula is C13H15N3O. The molecule has 0 aromatic heterocycles. The average molecular weight is 229 g/mol. The van der Waals surface area contributed by atoms with Crippen LogP contribution in [-0.2, 0) is 4.79 Å². The van der Waals surface area contributed by atoms with Crippen LogP contribution in [0.2, 0.25) is 0 Å². The standard InChI is InChI=1S/C13H15N3O/c1-9-4-2-5-11(10(9)8-14)16-13(17)12-6-3-7-15-12/h2,4-5,12,15H,3,6-7H2,1H3,(H,16,17)/t12-/m1/s1. The highest BCUT2D eigenvalue weighted by atomic mass is 16.2. The van der Waals surface area contributed by atoms with Crippen LogP contribution in [0.15, 0.2) is 18.2 Å². The van der Waals surface area contributed by atoms with Crippen LogP contribution in [0, 0.1) is 18.3 Å². The van der Waals surface area contributed by atoms with Gasteiger partial charge in [-0.05, 0) is 37.9 Å². The molecule has 1 aromatic carbocycles. The van der Waals surface area contributed by atoms with E-state index in [2.05, 4.69) is 16.7 Å². The van der Waals surface area contributed by atoms with Crippen molar-refractivity contribution in [2.24, 2.45) is 0 Å². The van der Waals surface area contributed by atoms with E-state index in [1.807, 2.05) is 19.1 Å². The van der Waals surface area contributed by atoms with Crippen LogP contribution in [0.25, 0.3) is 0 Å². The normalized spacial score (nSPS) is 18.7. The number of hydrogen-bond acceptors (Lipinski definition) is 3. The highest BCUT2D eigenvalue weighted by Crippen LogP contribution is 2.19. The smallest absolute Gasteiger partial charge is 0.241 e. The number of hydrogen-bond donors (Lipinski definition) is 2. The first-order chi connectivity index (χ1) is 8.22. The molecular weight excluding hydrogens is 214 g/mol. The summed E-state index contributed by atoms with van der Waals surface area (Å²) in [5, 5.41) is 15.0. The lowest BCUT2D eigenvalue weighted by Crippen LogP contribution is -2.35. The summed E-state index contributed by atoms with van der Waals surface area (Å²) in [4.78, 5) is 11.9. The molecule has 0 saturated carbocycles. The number of rotatable bonds is 2. The quantitative estimate of drug-likeness (QED) is 0.808. The fourth-order valence-corrected chi connectivity index (χ4v) is 2.05. The number of aryl methyl sites for hydroxylation is 1. The minimum absolute atomic E-state index is 0.0513. The lowest BCUT2D eigenvalue weighted by atomic mass is 10.1. The Balaban J connectivity index is 2.16. The first-order valence-corrected chi connectivity index (χ1v) is 5.76. The third-order valence-corrected chi connectivity index (χ3v) is 3.02. The minimum Gasteiger partial charge on any atom is -0.324 e. The van der Waals surface area contributed by atoms with Crippen LogP contribution < -0.4 is 10.6 Å². The van der Waals surface area contributed by atoms with Gasteiger partial charge in [-0.2, -0.15) is 5.26 Å². The van der Waals surface area contributed by atoms with E-state index in [4.69, 9.17) is 5.26 Å². The van der Waals surface area contributed by atoms with Gasteiger partial charge in [-0.15, -0.1) is 0 Å². The zero-order valence-corrected chi connectivity index (χ0v) is 9.79. The van der Waals surface area contributed by atoms with Crippen molar-refractivity contribution in [2.75, 3.05) is 11.9 Å². The molecule has 1 amide bonds. The van der Waals surface area contributed by atoms with Gasteiger partial charge in [0, 0.05) is 0 Å². The van der Waals surface area contributed by atoms with E-state index in [9.17, 15) is 4.79 Å². The number of nitrogens with one attached hydrogen (secondary N) is 2. The molecule has 0 spiro atoms. The van der Waals surface area contributed by atoms with Crippen molar-refractivity contribution in [1.29, 1.82) is 5.26 Å². The van der Waals surface area contributed by atoms with Gasteiger partial charge in [-0.3, -0.25) is 4.79 Å². The summed E-state index contributed by atoms with van der Waals surface area (Å²) < 4.78 is 0. The molecule has 0 aliphatic carbocycles. The van der Waals surface area contributed by atoms with Crippen molar-refractivity contribution in [3.05, 3.63) is 29.3 Å². The maximum Gasteiger partial charge on any atom is 0.241 e. The molecule has 2 rings (SSSR count). The van der Waals surface area contributed by atoms with E-state index >= 15 is 0 Å². The molecule has 1 fully saturated rings. The lowest BCUT2D eigenvalue weighted by molar-refractivity contribution is -0.117. The maximum atomic E-state index is 11.9. The van der Waals surface area contributed by atoms with E-state index in [-0.39, 0.29) is 11.9 Å². The van der Waals surface area contributed by atoms with Gasteiger partial charge in [-0.1, -0.05) is 12.1 Å². The average Bonchev–Trinajstić information content (AvgIpc) is 2.82. The van der Waals surface area contributed by atoms with Gasteiger partial charge in [0.2, 0.25) is 5.91 Å². The Morgan fingerprint density at radius 2 is 2.41 bits per heavy atom. The van der Waals surface area contributed by atoms with Crippen LogP contribution in [0.4, 0.5) is 5.69 Å². The van der Waals surface area contributed by atoms with Gasteiger partial charge in [0.15, 0.2) is 0 Å². The van der Waals surface area contributed by atoms with E-state index < -0.39 is 0 Å². The molecule has 4 nitrogen and oxygen atoms in total. The second kappa shape index (κ2) is 4.98. The lowest BCUT2D eigenvalue weighted by Gasteiger charge is -2.12. The van der Waals surface area contributed by atoms with Gasteiger partial charge in [0.25, 0.3) is 0 Å². The predicted molar refractivity (Wildman–Crippen MR) is 65.5 cm³/mol. The van der Waals surface area contributed by atoms with Crippen molar-refractivity contribution in [2.45, 2.75) is 25.8 Å². The Bertz CT molecular complexity index is 470.